The zero-order valence-electron chi connectivity index (χ0n) is 9.51. The Morgan fingerprint density at radius 1 is 1.28 bits per heavy atom. The lowest BCUT2D eigenvalue weighted by atomic mass is 9.77. The number of halogens is 5. The SMILES string of the molecule is Cl.N[C@H](c1ccc(C(F)(F)F)c(Cl)c1)C1CCC1. The first kappa shape index (κ1) is 15.6. The van der Waals surface area contributed by atoms with Gasteiger partial charge in [0, 0.05) is 6.04 Å². The van der Waals surface area contributed by atoms with Crippen LogP contribution in [0.5, 0.6) is 0 Å². The molecular weight excluding hydrogens is 286 g/mol. The maximum atomic E-state index is 12.5. The largest absolute Gasteiger partial charge is 0.417 e. The molecule has 0 aromatic heterocycles. The Kier molecular flexibility index (Phi) is 4.92. The average molecular weight is 300 g/mol. The second-order valence-corrected chi connectivity index (χ2v) is 4.86. The normalized spacial score (nSPS) is 17.8. The third-order valence-corrected chi connectivity index (χ3v) is 3.65. The lowest BCUT2D eigenvalue weighted by Crippen LogP contribution is -2.26. The molecule has 1 saturated carbocycles. The zero-order chi connectivity index (χ0) is 12.6. The highest BCUT2D eigenvalue weighted by Gasteiger charge is 2.34. The van der Waals surface area contributed by atoms with Crippen molar-refractivity contribution in [1.82, 2.24) is 0 Å². The molecule has 1 atom stereocenters. The van der Waals surface area contributed by atoms with Crippen molar-refractivity contribution in [3.63, 3.8) is 0 Å². The van der Waals surface area contributed by atoms with E-state index in [4.69, 9.17) is 17.3 Å². The molecule has 2 rings (SSSR count). The molecule has 0 aliphatic heterocycles. The first-order valence-corrected chi connectivity index (χ1v) is 5.89. The second-order valence-electron chi connectivity index (χ2n) is 4.45. The lowest BCUT2D eigenvalue weighted by molar-refractivity contribution is -0.137. The molecule has 1 aromatic carbocycles. The average Bonchev–Trinajstić information content (AvgIpc) is 2.12. The van der Waals surface area contributed by atoms with E-state index in [1.54, 1.807) is 0 Å². The lowest BCUT2D eigenvalue weighted by Gasteiger charge is -2.31. The molecule has 1 nitrogen and oxygen atoms in total. The highest BCUT2D eigenvalue weighted by Crippen LogP contribution is 2.39. The smallest absolute Gasteiger partial charge is 0.324 e. The summed E-state index contributed by atoms with van der Waals surface area (Å²) in [6.07, 6.45) is -1.18. The van der Waals surface area contributed by atoms with Gasteiger partial charge in [0.25, 0.3) is 0 Å². The topological polar surface area (TPSA) is 26.0 Å². The van der Waals surface area contributed by atoms with Gasteiger partial charge in [0.1, 0.15) is 0 Å². The summed E-state index contributed by atoms with van der Waals surface area (Å²) in [5.74, 6) is 0.378. The number of rotatable bonds is 2. The molecule has 18 heavy (non-hydrogen) atoms. The van der Waals surface area contributed by atoms with E-state index in [0.29, 0.717) is 11.5 Å². The molecule has 0 spiro atoms. The molecular formula is C12H14Cl2F3N. The molecule has 0 amide bonds. The fraction of sp³-hybridized carbons (Fsp3) is 0.500. The van der Waals surface area contributed by atoms with E-state index >= 15 is 0 Å². The molecule has 0 bridgehead atoms. The first-order chi connectivity index (χ1) is 7.89. The zero-order valence-corrected chi connectivity index (χ0v) is 11.1. The van der Waals surface area contributed by atoms with Crippen molar-refractivity contribution < 1.29 is 13.2 Å². The Labute approximate surface area is 115 Å². The van der Waals surface area contributed by atoms with Crippen LogP contribution < -0.4 is 5.73 Å². The van der Waals surface area contributed by atoms with Gasteiger partial charge in [0.05, 0.1) is 10.6 Å². The number of benzene rings is 1. The van der Waals surface area contributed by atoms with E-state index in [1.807, 2.05) is 0 Å². The molecule has 0 heterocycles. The van der Waals surface area contributed by atoms with Gasteiger partial charge < -0.3 is 5.73 Å². The molecule has 1 aromatic rings. The molecule has 1 aliphatic carbocycles. The van der Waals surface area contributed by atoms with Gasteiger partial charge in [-0.15, -0.1) is 12.4 Å². The minimum Gasteiger partial charge on any atom is -0.324 e. The Morgan fingerprint density at radius 3 is 2.28 bits per heavy atom. The molecule has 1 aliphatic rings. The highest BCUT2D eigenvalue weighted by molar-refractivity contribution is 6.31. The van der Waals surface area contributed by atoms with E-state index in [0.717, 1.165) is 25.3 Å². The highest BCUT2D eigenvalue weighted by atomic mass is 35.5. The standard InChI is InChI=1S/C12H13ClF3N.ClH/c13-10-6-8(11(17)7-2-1-3-7)4-5-9(10)12(14,15)16;/h4-7,11H,1-3,17H2;1H/t11-;/m0./s1. The molecule has 102 valence electrons. The van der Waals surface area contributed by atoms with Crippen molar-refractivity contribution in [2.45, 2.75) is 31.5 Å². The van der Waals surface area contributed by atoms with E-state index in [1.165, 1.54) is 12.1 Å². The van der Waals surface area contributed by atoms with Crippen LogP contribution in [-0.4, -0.2) is 0 Å². The minimum atomic E-state index is -4.41. The van der Waals surface area contributed by atoms with E-state index in [2.05, 4.69) is 0 Å². The maximum Gasteiger partial charge on any atom is 0.417 e. The van der Waals surface area contributed by atoms with Gasteiger partial charge in [-0.2, -0.15) is 13.2 Å². The van der Waals surface area contributed by atoms with Crippen LogP contribution in [0.15, 0.2) is 18.2 Å². The van der Waals surface area contributed by atoms with Crippen LogP contribution >= 0.6 is 24.0 Å². The Bertz CT molecular complexity index is 416. The Morgan fingerprint density at radius 2 is 1.89 bits per heavy atom. The first-order valence-electron chi connectivity index (χ1n) is 5.52. The molecule has 0 radical (unpaired) electrons. The molecule has 2 N–H and O–H groups in total. The predicted octanol–water partition coefficient (Wildman–Crippen LogP) is 4.58. The minimum absolute atomic E-state index is 0. The molecule has 0 unspecified atom stereocenters. The van der Waals surface area contributed by atoms with Gasteiger partial charge in [-0.05, 0) is 36.5 Å². The Balaban J connectivity index is 0.00000162. The summed E-state index contributed by atoms with van der Waals surface area (Å²) in [7, 11) is 0. The predicted molar refractivity (Wildman–Crippen MR) is 68.0 cm³/mol. The van der Waals surface area contributed by atoms with Crippen LogP contribution in [0.1, 0.15) is 36.4 Å². The summed E-state index contributed by atoms with van der Waals surface area (Å²) in [6, 6.07) is 3.57. The van der Waals surface area contributed by atoms with Crippen molar-refractivity contribution in [3.8, 4) is 0 Å². The van der Waals surface area contributed by atoms with Gasteiger partial charge in [0.2, 0.25) is 0 Å². The summed E-state index contributed by atoms with van der Waals surface area (Å²) in [5, 5.41) is -0.273. The van der Waals surface area contributed by atoms with Crippen molar-refractivity contribution in [2.75, 3.05) is 0 Å². The third kappa shape index (κ3) is 3.11. The molecule has 6 heteroatoms. The number of hydrogen-bond donors (Lipinski definition) is 1. The van der Waals surface area contributed by atoms with Gasteiger partial charge in [-0.3, -0.25) is 0 Å². The van der Waals surface area contributed by atoms with Crippen molar-refractivity contribution in [3.05, 3.63) is 34.3 Å². The number of alkyl halides is 3. The van der Waals surface area contributed by atoms with Gasteiger partial charge >= 0.3 is 6.18 Å². The summed E-state index contributed by atoms with van der Waals surface area (Å²) < 4.78 is 37.5. The van der Waals surface area contributed by atoms with Crippen LogP contribution in [0.25, 0.3) is 0 Å². The summed E-state index contributed by atoms with van der Waals surface area (Å²) in [6.45, 7) is 0. The van der Waals surface area contributed by atoms with Gasteiger partial charge in [-0.1, -0.05) is 24.1 Å². The van der Waals surface area contributed by atoms with Gasteiger partial charge in [0.15, 0.2) is 0 Å². The van der Waals surface area contributed by atoms with Crippen LogP contribution in [0, 0.1) is 5.92 Å². The summed E-state index contributed by atoms with van der Waals surface area (Å²) in [5.41, 5.74) is 5.87. The van der Waals surface area contributed by atoms with Gasteiger partial charge in [-0.25, -0.2) is 0 Å². The van der Waals surface area contributed by atoms with Crippen LogP contribution in [0.4, 0.5) is 13.2 Å². The van der Waals surface area contributed by atoms with Crippen molar-refractivity contribution in [1.29, 1.82) is 0 Å². The van der Waals surface area contributed by atoms with E-state index < -0.39 is 11.7 Å². The van der Waals surface area contributed by atoms with Crippen molar-refractivity contribution >= 4 is 24.0 Å². The number of hydrogen-bond acceptors (Lipinski definition) is 1. The van der Waals surface area contributed by atoms with Crippen LogP contribution in [-0.2, 0) is 6.18 Å². The fourth-order valence-electron chi connectivity index (χ4n) is 2.04. The van der Waals surface area contributed by atoms with Crippen LogP contribution in [0.3, 0.4) is 0 Å². The summed E-state index contributed by atoms with van der Waals surface area (Å²) >= 11 is 5.65. The van der Waals surface area contributed by atoms with Crippen LogP contribution in [0.2, 0.25) is 5.02 Å². The number of nitrogens with two attached hydrogens (primary N) is 1. The molecule has 1 fully saturated rings. The Hall–Kier alpha value is -0.450. The second kappa shape index (κ2) is 5.68. The monoisotopic (exact) mass is 299 g/mol. The maximum absolute atomic E-state index is 12.5. The quantitative estimate of drug-likeness (QED) is 0.850. The third-order valence-electron chi connectivity index (χ3n) is 3.34. The van der Waals surface area contributed by atoms with E-state index in [-0.39, 0.29) is 23.5 Å². The van der Waals surface area contributed by atoms with E-state index in [9.17, 15) is 13.2 Å². The summed E-state index contributed by atoms with van der Waals surface area (Å²) in [4.78, 5) is 0. The fourth-order valence-corrected chi connectivity index (χ4v) is 2.34. The molecule has 0 saturated heterocycles. The van der Waals surface area contributed by atoms with Crippen molar-refractivity contribution in [2.24, 2.45) is 11.7 Å².